The predicted molar refractivity (Wildman–Crippen MR) is 97.5 cm³/mol. The van der Waals surface area contributed by atoms with Gasteiger partial charge in [-0.1, -0.05) is 30.3 Å². The first kappa shape index (κ1) is 17.0. The van der Waals surface area contributed by atoms with Gasteiger partial charge in [0, 0.05) is 17.1 Å². The molecule has 2 aromatic carbocycles. The van der Waals surface area contributed by atoms with Crippen molar-refractivity contribution in [2.75, 3.05) is 13.7 Å². The van der Waals surface area contributed by atoms with Crippen molar-refractivity contribution in [3.63, 3.8) is 0 Å². The number of benzene rings is 2. The molecule has 1 aromatic heterocycles. The van der Waals surface area contributed by atoms with Gasteiger partial charge in [0.1, 0.15) is 17.9 Å². The lowest BCUT2D eigenvalue weighted by Crippen LogP contribution is -2.39. The lowest BCUT2D eigenvalue weighted by molar-refractivity contribution is -0.122. The second-order valence-electron chi connectivity index (χ2n) is 6.28. The summed E-state index contributed by atoms with van der Waals surface area (Å²) >= 11 is 0. The number of carbonyl (C=O) groups is 1. The summed E-state index contributed by atoms with van der Waals surface area (Å²) < 4.78 is 7.09. The SMILES string of the molecule is COc1ccc2c(ccn2CC(=O)NCC(C)(O)c2ccccc2)c1. The van der Waals surface area contributed by atoms with Gasteiger partial charge in [0.2, 0.25) is 5.91 Å². The van der Waals surface area contributed by atoms with Crippen LogP contribution in [0.25, 0.3) is 10.9 Å². The minimum Gasteiger partial charge on any atom is -0.497 e. The topological polar surface area (TPSA) is 63.5 Å². The number of methoxy groups -OCH3 is 1. The van der Waals surface area contributed by atoms with Gasteiger partial charge < -0.3 is 19.7 Å². The number of hydrogen-bond donors (Lipinski definition) is 2. The molecule has 1 unspecified atom stereocenters. The van der Waals surface area contributed by atoms with E-state index < -0.39 is 5.60 Å². The Hall–Kier alpha value is -2.79. The van der Waals surface area contributed by atoms with Crippen LogP contribution in [0.15, 0.2) is 60.8 Å². The maximum atomic E-state index is 12.3. The monoisotopic (exact) mass is 338 g/mol. The summed E-state index contributed by atoms with van der Waals surface area (Å²) in [6.45, 7) is 2.05. The molecule has 0 bridgehead atoms. The van der Waals surface area contributed by atoms with Crippen molar-refractivity contribution < 1.29 is 14.6 Å². The summed E-state index contributed by atoms with van der Waals surface area (Å²) in [6, 6.07) is 17.0. The molecule has 0 saturated heterocycles. The van der Waals surface area contributed by atoms with Crippen LogP contribution in [0.2, 0.25) is 0 Å². The summed E-state index contributed by atoms with van der Waals surface area (Å²) in [6.07, 6.45) is 1.87. The molecule has 5 heteroatoms. The highest BCUT2D eigenvalue weighted by atomic mass is 16.5. The van der Waals surface area contributed by atoms with Gasteiger partial charge in [-0.25, -0.2) is 0 Å². The third-order valence-corrected chi connectivity index (χ3v) is 4.32. The molecular weight excluding hydrogens is 316 g/mol. The molecule has 0 saturated carbocycles. The van der Waals surface area contributed by atoms with Crippen LogP contribution in [0.1, 0.15) is 12.5 Å². The summed E-state index contributed by atoms with van der Waals surface area (Å²) in [5.74, 6) is 0.637. The number of amides is 1. The molecule has 3 aromatic rings. The van der Waals surface area contributed by atoms with Crippen LogP contribution in [-0.4, -0.2) is 29.2 Å². The Morgan fingerprint density at radius 3 is 2.68 bits per heavy atom. The third kappa shape index (κ3) is 3.83. The van der Waals surface area contributed by atoms with E-state index in [0.29, 0.717) is 0 Å². The Balaban J connectivity index is 1.65. The molecule has 0 radical (unpaired) electrons. The van der Waals surface area contributed by atoms with E-state index in [9.17, 15) is 9.90 Å². The molecule has 0 fully saturated rings. The summed E-state index contributed by atoms with van der Waals surface area (Å²) in [7, 11) is 1.63. The van der Waals surface area contributed by atoms with Crippen LogP contribution < -0.4 is 10.1 Å². The van der Waals surface area contributed by atoms with Crippen molar-refractivity contribution in [2.24, 2.45) is 0 Å². The van der Waals surface area contributed by atoms with Crippen molar-refractivity contribution in [3.05, 3.63) is 66.4 Å². The lowest BCUT2D eigenvalue weighted by Gasteiger charge is -2.24. The van der Waals surface area contributed by atoms with Gasteiger partial charge in [-0.05, 0) is 36.8 Å². The van der Waals surface area contributed by atoms with Gasteiger partial charge in [-0.3, -0.25) is 4.79 Å². The first-order valence-corrected chi connectivity index (χ1v) is 8.17. The third-order valence-electron chi connectivity index (χ3n) is 4.32. The van der Waals surface area contributed by atoms with E-state index in [4.69, 9.17) is 4.74 Å². The van der Waals surface area contributed by atoms with E-state index in [2.05, 4.69) is 5.32 Å². The molecule has 0 aliphatic rings. The minimum absolute atomic E-state index is 0.149. The maximum absolute atomic E-state index is 12.3. The lowest BCUT2D eigenvalue weighted by atomic mass is 9.96. The first-order chi connectivity index (χ1) is 12.0. The van der Waals surface area contributed by atoms with Crippen LogP contribution in [0.4, 0.5) is 0 Å². The van der Waals surface area contributed by atoms with Gasteiger partial charge in [0.05, 0.1) is 13.7 Å². The highest BCUT2D eigenvalue weighted by Gasteiger charge is 2.23. The van der Waals surface area contributed by atoms with E-state index in [1.165, 1.54) is 0 Å². The summed E-state index contributed by atoms with van der Waals surface area (Å²) in [5.41, 5.74) is 0.628. The van der Waals surface area contributed by atoms with Crippen molar-refractivity contribution in [2.45, 2.75) is 19.1 Å². The fourth-order valence-electron chi connectivity index (χ4n) is 2.82. The number of rotatable bonds is 6. The fourth-order valence-corrected chi connectivity index (χ4v) is 2.82. The minimum atomic E-state index is -1.11. The fraction of sp³-hybridized carbons (Fsp3) is 0.250. The molecular formula is C20H22N2O3. The van der Waals surface area contributed by atoms with Gasteiger partial charge in [-0.15, -0.1) is 0 Å². The van der Waals surface area contributed by atoms with E-state index in [1.54, 1.807) is 14.0 Å². The number of nitrogens with zero attached hydrogens (tertiary/aromatic N) is 1. The number of aliphatic hydroxyl groups is 1. The molecule has 3 rings (SSSR count). The van der Waals surface area contributed by atoms with Crippen LogP contribution in [0.5, 0.6) is 5.75 Å². The molecule has 1 atom stereocenters. The van der Waals surface area contributed by atoms with Crippen LogP contribution in [0, 0.1) is 0 Å². The number of hydrogen-bond acceptors (Lipinski definition) is 3. The number of ether oxygens (including phenoxy) is 1. The van der Waals surface area contributed by atoms with Gasteiger partial charge in [-0.2, -0.15) is 0 Å². The van der Waals surface area contributed by atoms with Crippen LogP contribution >= 0.6 is 0 Å². The molecule has 1 amide bonds. The number of aromatic nitrogens is 1. The highest BCUT2D eigenvalue weighted by Crippen LogP contribution is 2.22. The zero-order valence-electron chi connectivity index (χ0n) is 14.4. The second kappa shape index (κ2) is 6.99. The van der Waals surface area contributed by atoms with Gasteiger partial charge in [0.15, 0.2) is 0 Å². The van der Waals surface area contributed by atoms with Crippen molar-refractivity contribution in [3.8, 4) is 5.75 Å². The first-order valence-electron chi connectivity index (χ1n) is 8.17. The Morgan fingerprint density at radius 2 is 1.96 bits per heavy atom. The van der Waals surface area contributed by atoms with Gasteiger partial charge >= 0.3 is 0 Å². The van der Waals surface area contributed by atoms with Crippen molar-refractivity contribution >= 4 is 16.8 Å². The average molecular weight is 338 g/mol. The molecule has 1 heterocycles. The molecule has 0 spiro atoms. The Labute approximate surface area is 146 Å². The summed E-state index contributed by atoms with van der Waals surface area (Å²) in [4.78, 5) is 12.3. The van der Waals surface area contributed by atoms with E-state index in [0.717, 1.165) is 22.2 Å². The smallest absolute Gasteiger partial charge is 0.240 e. The zero-order valence-corrected chi connectivity index (χ0v) is 14.4. The maximum Gasteiger partial charge on any atom is 0.240 e. The van der Waals surface area contributed by atoms with E-state index >= 15 is 0 Å². The van der Waals surface area contributed by atoms with Crippen molar-refractivity contribution in [1.29, 1.82) is 0 Å². The largest absolute Gasteiger partial charge is 0.497 e. The molecule has 130 valence electrons. The molecule has 0 aliphatic carbocycles. The Kier molecular flexibility index (Phi) is 4.76. The number of carbonyl (C=O) groups excluding carboxylic acids is 1. The van der Waals surface area contributed by atoms with E-state index in [-0.39, 0.29) is 19.0 Å². The van der Waals surface area contributed by atoms with Crippen LogP contribution in [0.3, 0.4) is 0 Å². The average Bonchev–Trinajstić information content (AvgIpc) is 3.03. The predicted octanol–water partition coefficient (Wildman–Crippen LogP) is 2.67. The van der Waals surface area contributed by atoms with Gasteiger partial charge in [0.25, 0.3) is 0 Å². The quantitative estimate of drug-likeness (QED) is 0.726. The van der Waals surface area contributed by atoms with Crippen LogP contribution in [-0.2, 0) is 16.9 Å². The molecule has 0 aliphatic heterocycles. The number of fused-ring (bicyclic) bond motifs is 1. The Bertz CT molecular complexity index is 869. The zero-order chi connectivity index (χ0) is 17.9. The second-order valence-corrected chi connectivity index (χ2v) is 6.28. The standard InChI is InChI=1S/C20H22N2O3/c1-20(24,16-6-4-3-5-7-16)14-21-19(23)13-22-11-10-15-12-17(25-2)8-9-18(15)22/h3-12,24H,13-14H2,1-2H3,(H,21,23). The normalized spacial score (nSPS) is 13.4. The van der Waals surface area contributed by atoms with Crippen molar-refractivity contribution in [1.82, 2.24) is 9.88 Å². The highest BCUT2D eigenvalue weighted by molar-refractivity contribution is 5.84. The molecule has 2 N–H and O–H groups in total. The summed E-state index contributed by atoms with van der Waals surface area (Å²) in [5, 5.41) is 14.4. The Morgan fingerprint density at radius 1 is 1.20 bits per heavy atom. The van der Waals surface area contributed by atoms with E-state index in [1.807, 2.05) is 65.4 Å². The number of nitrogens with one attached hydrogen (secondary N) is 1. The molecule has 25 heavy (non-hydrogen) atoms. The molecule has 5 nitrogen and oxygen atoms in total.